The van der Waals surface area contributed by atoms with Gasteiger partial charge < -0.3 is 27.2 Å². The highest BCUT2D eigenvalue weighted by Gasteiger charge is 2.27. The maximum absolute atomic E-state index is 13.1. The minimum absolute atomic E-state index is 0. The Kier molecular flexibility index (Phi) is 6.50. The molecule has 5 nitrogen and oxygen atoms in total. The maximum Gasteiger partial charge on any atom is 1.00 e. The summed E-state index contributed by atoms with van der Waals surface area (Å²) in [6.07, 6.45) is 0.912. The molecule has 3 aromatic rings. The summed E-state index contributed by atoms with van der Waals surface area (Å²) in [4.78, 5) is 23.5. The van der Waals surface area contributed by atoms with Crippen molar-refractivity contribution >= 4 is 22.5 Å². The average Bonchev–Trinajstić information content (AvgIpc) is 3.13. The molecular formula is C26H33ClN4O. The van der Waals surface area contributed by atoms with Gasteiger partial charge in [-0.3, -0.25) is 9.69 Å². The van der Waals surface area contributed by atoms with Gasteiger partial charge in [0.1, 0.15) is 0 Å². The van der Waals surface area contributed by atoms with Crippen LogP contribution in [0.2, 0.25) is 0 Å². The number of H-pyrrole nitrogens is 1. The summed E-state index contributed by atoms with van der Waals surface area (Å²) in [5.41, 5.74) is 9.10. The van der Waals surface area contributed by atoms with E-state index in [9.17, 15) is 4.79 Å². The third-order valence-corrected chi connectivity index (χ3v) is 7.13. The number of aromatic nitrogens is 1. The van der Waals surface area contributed by atoms with E-state index in [0.717, 1.165) is 45.7 Å². The Labute approximate surface area is 198 Å². The summed E-state index contributed by atoms with van der Waals surface area (Å²) in [7, 11) is 0. The van der Waals surface area contributed by atoms with Crippen molar-refractivity contribution in [2.45, 2.75) is 33.7 Å². The fourth-order valence-electron chi connectivity index (χ4n) is 5.06. The third-order valence-electron chi connectivity index (χ3n) is 7.13. The van der Waals surface area contributed by atoms with Crippen LogP contribution in [0.4, 0.5) is 5.69 Å². The molecule has 170 valence electrons. The van der Waals surface area contributed by atoms with Crippen LogP contribution in [0.25, 0.3) is 10.9 Å². The van der Waals surface area contributed by atoms with E-state index in [1.165, 1.54) is 44.5 Å². The van der Waals surface area contributed by atoms with Gasteiger partial charge in [0.25, 0.3) is 0 Å². The average molecular weight is 453 g/mol. The number of amides is 1. The van der Waals surface area contributed by atoms with Crippen molar-refractivity contribution in [3.05, 3.63) is 64.3 Å². The topological polar surface area (TPSA) is 42.6 Å². The fourth-order valence-corrected chi connectivity index (χ4v) is 5.06. The van der Waals surface area contributed by atoms with Crippen molar-refractivity contribution in [2.24, 2.45) is 0 Å². The summed E-state index contributed by atoms with van der Waals surface area (Å²) in [6.45, 7) is 12.4. The number of nitrogens with one attached hydrogen (secondary N) is 1. The normalized spacial score (nSPS) is 16.7. The van der Waals surface area contributed by atoms with E-state index >= 15 is 0 Å². The van der Waals surface area contributed by atoms with Gasteiger partial charge in [-0.15, -0.1) is 0 Å². The number of rotatable bonds is 3. The summed E-state index contributed by atoms with van der Waals surface area (Å²) in [6, 6.07) is 13.1. The van der Waals surface area contributed by atoms with E-state index in [1.54, 1.807) is 0 Å². The van der Waals surface area contributed by atoms with Crippen LogP contribution >= 0.6 is 0 Å². The number of nitrogens with zero attached hydrogens (tertiary/aromatic N) is 3. The molecule has 0 unspecified atom stereocenters. The first kappa shape index (κ1) is 22.7. The Morgan fingerprint density at radius 3 is 2.59 bits per heavy atom. The van der Waals surface area contributed by atoms with Crippen LogP contribution in [-0.2, 0) is 17.8 Å². The van der Waals surface area contributed by atoms with Gasteiger partial charge in [-0.2, -0.15) is 0 Å². The molecule has 1 N–H and O–H groups in total. The molecule has 2 aliphatic rings. The Morgan fingerprint density at radius 2 is 1.81 bits per heavy atom. The molecule has 0 atom stereocenters. The van der Waals surface area contributed by atoms with Crippen LogP contribution < -0.4 is 17.3 Å². The lowest BCUT2D eigenvalue weighted by Gasteiger charge is -2.38. The molecule has 0 saturated carbocycles. The van der Waals surface area contributed by atoms with Gasteiger partial charge in [0.15, 0.2) is 0 Å². The number of aryl methyl sites for hydroxylation is 2. The van der Waals surface area contributed by atoms with Crippen molar-refractivity contribution in [3.8, 4) is 0 Å². The van der Waals surface area contributed by atoms with E-state index in [0.29, 0.717) is 6.54 Å². The van der Waals surface area contributed by atoms with Crippen LogP contribution in [0.15, 0.2) is 36.4 Å². The zero-order valence-electron chi connectivity index (χ0n) is 20.2. The van der Waals surface area contributed by atoms with Crippen molar-refractivity contribution in [2.75, 3.05) is 44.2 Å². The molecule has 32 heavy (non-hydrogen) atoms. The van der Waals surface area contributed by atoms with E-state index in [4.69, 9.17) is 0 Å². The minimum atomic E-state index is 0. The first-order valence-corrected chi connectivity index (χ1v) is 11.4. The highest BCUT2D eigenvalue weighted by molar-refractivity contribution is 5.87. The number of hydrogen-bond donors (Lipinski definition) is 1. The summed E-state index contributed by atoms with van der Waals surface area (Å²) in [5.74, 6) is 0.257. The van der Waals surface area contributed by atoms with Crippen molar-refractivity contribution in [1.82, 2.24) is 14.8 Å². The number of carbonyl (C=O) groups excluding carboxylic acids is 1. The summed E-state index contributed by atoms with van der Waals surface area (Å²) >= 11 is 0. The maximum atomic E-state index is 13.1. The quantitative estimate of drug-likeness (QED) is 0.642. The second-order valence-corrected chi connectivity index (χ2v) is 9.18. The largest absolute Gasteiger partial charge is 1.00 e. The summed E-state index contributed by atoms with van der Waals surface area (Å²) in [5, 5.41) is 1.27. The Hall–Kier alpha value is -2.50. The molecule has 0 aliphatic carbocycles. The number of anilines is 1. The molecule has 1 amide bonds. The lowest BCUT2D eigenvalue weighted by atomic mass is 10.0. The van der Waals surface area contributed by atoms with E-state index < -0.39 is 0 Å². The third kappa shape index (κ3) is 4.24. The molecule has 0 bridgehead atoms. The summed E-state index contributed by atoms with van der Waals surface area (Å²) < 4.78 is 0. The first-order valence-electron chi connectivity index (χ1n) is 11.4. The van der Waals surface area contributed by atoms with E-state index in [-0.39, 0.29) is 19.7 Å². The van der Waals surface area contributed by atoms with Gasteiger partial charge in [0.05, 0.1) is 6.54 Å². The first-order chi connectivity index (χ1) is 15.0. The monoisotopic (exact) mass is 452 g/mol. The predicted octanol–water partition coefficient (Wildman–Crippen LogP) is 0.917. The number of hydrogen-bond acceptors (Lipinski definition) is 3. The van der Waals surface area contributed by atoms with Crippen molar-refractivity contribution in [1.29, 1.82) is 0 Å². The Morgan fingerprint density at radius 1 is 1.03 bits per heavy atom. The fraction of sp³-hybridized carbons (Fsp3) is 0.423. The van der Waals surface area contributed by atoms with Gasteiger partial charge in [-0.25, -0.2) is 0 Å². The number of fused-ring (bicyclic) bond motifs is 3. The number of piperazine rings is 1. The van der Waals surface area contributed by atoms with Crippen molar-refractivity contribution in [3.63, 3.8) is 0 Å². The lowest BCUT2D eigenvalue weighted by Crippen LogP contribution is -3.00. The predicted molar refractivity (Wildman–Crippen MR) is 128 cm³/mol. The second kappa shape index (κ2) is 9.16. The van der Waals surface area contributed by atoms with Gasteiger partial charge in [0, 0.05) is 73.5 Å². The van der Waals surface area contributed by atoms with Crippen LogP contribution in [-0.4, -0.2) is 60.0 Å². The SMILES string of the molecule is Cc1ccc2[nH]c3c(c2c1)CN(C(=O)CN1CCN(c2cccc(C)c2C)CC1)CC3.[Cl-].[H+]. The highest BCUT2D eigenvalue weighted by atomic mass is 35.5. The zero-order valence-corrected chi connectivity index (χ0v) is 20.0. The number of halogens is 1. The number of aromatic amines is 1. The van der Waals surface area contributed by atoms with Gasteiger partial charge in [0.2, 0.25) is 5.91 Å². The van der Waals surface area contributed by atoms with E-state index in [2.05, 4.69) is 76.9 Å². The molecule has 3 heterocycles. The van der Waals surface area contributed by atoms with Crippen molar-refractivity contribution < 1.29 is 18.6 Å². The molecule has 2 aromatic carbocycles. The molecular weight excluding hydrogens is 420 g/mol. The molecule has 5 rings (SSSR count). The molecule has 1 aromatic heterocycles. The number of benzene rings is 2. The van der Waals surface area contributed by atoms with Crippen LogP contribution in [0.1, 0.15) is 29.4 Å². The lowest BCUT2D eigenvalue weighted by molar-refractivity contribution is -0.133. The van der Waals surface area contributed by atoms with E-state index in [1.807, 2.05) is 0 Å². The second-order valence-electron chi connectivity index (χ2n) is 9.18. The standard InChI is InChI=1S/C26H32N4O.ClH/c1-18-7-8-23-21(15-18)22-16-30(10-9-24(22)27-23)26(31)17-28-11-13-29(14-12-28)25-6-4-5-19(2)20(25)3;/h4-8,15,27H,9-14,16-17H2,1-3H3;1H. The highest BCUT2D eigenvalue weighted by Crippen LogP contribution is 2.29. The van der Waals surface area contributed by atoms with Crippen LogP contribution in [0.5, 0.6) is 0 Å². The molecule has 0 radical (unpaired) electrons. The van der Waals surface area contributed by atoms with Crippen LogP contribution in [0, 0.1) is 20.8 Å². The Bertz CT molecular complexity index is 1140. The van der Waals surface area contributed by atoms with Gasteiger partial charge in [-0.05, 0) is 50.1 Å². The molecule has 1 saturated heterocycles. The minimum Gasteiger partial charge on any atom is -1.00 e. The smallest absolute Gasteiger partial charge is 1.00 e. The molecule has 6 heteroatoms. The molecule has 2 aliphatic heterocycles. The van der Waals surface area contributed by atoms with Crippen LogP contribution in [0.3, 0.4) is 0 Å². The number of carbonyl (C=O) groups is 1. The molecule has 1 fully saturated rings. The molecule has 0 spiro atoms. The van der Waals surface area contributed by atoms with Gasteiger partial charge >= 0.3 is 1.43 Å². The Balaban J connectivity index is 0.00000153. The van der Waals surface area contributed by atoms with Gasteiger partial charge in [-0.1, -0.05) is 23.8 Å². The zero-order chi connectivity index (χ0) is 21.5.